The molecule has 20 heavy (non-hydrogen) atoms. The van der Waals surface area contributed by atoms with Gasteiger partial charge >= 0.3 is 5.97 Å². The molecule has 106 valence electrons. The first-order valence-electron chi connectivity index (χ1n) is 6.52. The molecule has 0 saturated heterocycles. The number of esters is 1. The lowest BCUT2D eigenvalue weighted by Gasteiger charge is -2.12. The molecule has 0 bridgehead atoms. The lowest BCUT2D eigenvalue weighted by Crippen LogP contribution is -2.15. The highest BCUT2D eigenvalue weighted by molar-refractivity contribution is 7.99. The summed E-state index contributed by atoms with van der Waals surface area (Å²) < 4.78 is 4.63. The van der Waals surface area contributed by atoms with Gasteiger partial charge in [-0.05, 0) is 22.9 Å². The van der Waals surface area contributed by atoms with Crippen molar-refractivity contribution in [1.29, 1.82) is 0 Å². The second-order valence-corrected chi connectivity index (χ2v) is 5.74. The summed E-state index contributed by atoms with van der Waals surface area (Å²) in [4.78, 5) is 12.4. The van der Waals surface area contributed by atoms with Gasteiger partial charge in [0.25, 0.3) is 0 Å². The van der Waals surface area contributed by atoms with Crippen molar-refractivity contribution in [3.8, 4) is 0 Å². The predicted octanol–water partition coefficient (Wildman–Crippen LogP) is 3.10. The number of carbonyl (C=O) groups is 1. The third-order valence-electron chi connectivity index (χ3n) is 3.15. The molecule has 0 amide bonds. The molecule has 2 aromatic carbocycles. The Morgan fingerprint density at radius 2 is 2.00 bits per heavy atom. The van der Waals surface area contributed by atoms with Crippen LogP contribution in [0, 0.1) is 5.92 Å². The minimum Gasteiger partial charge on any atom is -0.469 e. The summed E-state index contributed by atoms with van der Waals surface area (Å²) in [6, 6.07) is 14.5. The van der Waals surface area contributed by atoms with Crippen LogP contribution in [0.2, 0.25) is 0 Å². The van der Waals surface area contributed by atoms with Gasteiger partial charge in [-0.2, -0.15) is 0 Å². The molecule has 0 radical (unpaired) electrons. The lowest BCUT2D eigenvalue weighted by atomic mass is 10.1. The van der Waals surface area contributed by atoms with Crippen LogP contribution in [0.15, 0.2) is 47.4 Å². The van der Waals surface area contributed by atoms with E-state index < -0.39 is 0 Å². The van der Waals surface area contributed by atoms with E-state index in [1.54, 1.807) is 11.8 Å². The second-order valence-electron chi connectivity index (χ2n) is 4.65. The first kappa shape index (κ1) is 14.9. The molecule has 0 aromatic heterocycles. The summed E-state index contributed by atoms with van der Waals surface area (Å²) in [6.07, 6.45) is 0.258. The molecule has 0 aliphatic rings. The summed E-state index contributed by atoms with van der Waals surface area (Å²) in [6.45, 7) is -0.00428. The lowest BCUT2D eigenvalue weighted by molar-refractivity contribution is -0.141. The fourth-order valence-electron chi connectivity index (χ4n) is 1.97. The summed E-state index contributed by atoms with van der Waals surface area (Å²) in [5.41, 5.74) is 0. The van der Waals surface area contributed by atoms with Gasteiger partial charge in [0.15, 0.2) is 0 Å². The Labute approximate surface area is 122 Å². The van der Waals surface area contributed by atoms with Gasteiger partial charge < -0.3 is 9.84 Å². The molecule has 4 heteroatoms. The standard InChI is InChI=1S/C16H18O3S/c1-19-16(18)8-12(10-17)11-20-15-7-6-13-4-2-3-5-14(13)9-15/h2-7,9,12,17H,8,10-11H2,1H3. The quantitative estimate of drug-likeness (QED) is 0.656. The normalized spacial score (nSPS) is 12.3. The number of thioether (sulfide) groups is 1. The van der Waals surface area contributed by atoms with E-state index in [0.717, 1.165) is 4.90 Å². The van der Waals surface area contributed by atoms with E-state index in [2.05, 4.69) is 35.1 Å². The average molecular weight is 290 g/mol. The van der Waals surface area contributed by atoms with Crippen LogP contribution in [-0.4, -0.2) is 30.5 Å². The van der Waals surface area contributed by atoms with Crippen molar-refractivity contribution in [2.45, 2.75) is 11.3 Å². The first-order chi connectivity index (χ1) is 9.72. The number of rotatable bonds is 6. The van der Waals surface area contributed by atoms with Crippen LogP contribution < -0.4 is 0 Å². The summed E-state index contributed by atoms with van der Waals surface area (Å²) in [7, 11) is 1.37. The van der Waals surface area contributed by atoms with E-state index in [9.17, 15) is 9.90 Å². The minimum atomic E-state index is -0.275. The number of ether oxygens (including phenoxy) is 1. The van der Waals surface area contributed by atoms with Gasteiger partial charge in [-0.1, -0.05) is 30.3 Å². The summed E-state index contributed by atoms with van der Waals surface area (Å²) in [5.74, 6) is 0.353. The fraction of sp³-hybridized carbons (Fsp3) is 0.312. The van der Waals surface area contributed by atoms with Gasteiger partial charge in [0.2, 0.25) is 0 Å². The van der Waals surface area contributed by atoms with E-state index in [4.69, 9.17) is 0 Å². The van der Waals surface area contributed by atoms with Gasteiger partial charge in [0, 0.05) is 23.2 Å². The number of fused-ring (bicyclic) bond motifs is 1. The number of hydrogen-bond acceptors (Lipinski definition) is 4. The van der Waals surface area contributed by atoms with Crippen LogP contribution in [0.25, 0.3) is 10.8 Å². The molecular formula is C16H18O3S. The molecule has 2 rings (SSSR count). The van der Waals surface area contributed by atoms with Gasteiger partial charge in [-0.3, -0.25) is 4.79 Å². The number of aliphatic hydroxyl groups is 1. The van der Waals surface area contributed by atoms with Crippen molar-refractivity contribution in [2.75, 3.05) is 19.5 Å². The molecule has 0 heterocycles. The van der Waals surface area contributed by atoms with Crippen molar-refractivity contribution >= 4 is 28.5 Å². The van der Waals surface area contributed by atoms with E-state index in [1.165, 1.54) is 17.9 Å². The molecule has 0 spiro atoms. The monoisotopic (exact) mass is 290 g/mol. The van der Waals surface area contributed by atoms with Crippen LogP contribution in [0.5, 0.6) is 0 Å². The third kappa shape index (κ3) is 3.99. The number of hydrogen-bond donors (Lipinski definition) is 1. The zero-order valence-corrected chi connectivity index (χ0v) is 12.2. The number of methoxy groups -OCH3 is 1. The highest BCUT2D eigenvalue weighted by Gasteiger charge is 2.13. The highest BCUT2D eigenvalue weighted by Crippen LogP contribution is 2.26. The molecular weight excluding hydrogens is 272 g/mol. The Balaban J connectivity index is 1.99. The number of benzene rings is 2. The van der Waals surface area contributed by atoms with Crippen molar-refractivity contribution in [3.05, 3.63) is 42.5 Å². The predicted molar refractivity (Wildman–Crippen MR) is 81.9 cm³/mol. The zero-order chi connectivity index (χ0) is 14.4. The number of aliphatic hydroxyl groups excluding tert-OH is 1. The van der Waals surface area contributed by atoms with Crippen molar-refractivity contribution in [1.82, 2.24) is 0 Å². The SMILES string of the molecule is COC(=O)CC(CO)CSc1ccc2ccccc2c1. The Morgan fingerprint density at radius 3 is 2.70 bits per heavy atom. The smallest absolute Gasteiger partial charge is 0.305 e. The van der Waals surface area contributed by atoms with E-state index in [1.807, 2.05) is 12.1 Å². The largest absolute Gasteiger partial charge is 0.469 e. The zero-order valence-electron chi connectivity index (χ0n) is 11.4. The maximum absolute atomic E-state index is 11.2. The van der Waals surface area contributed by atoms with E-state index in [0.29, 0.717) is 5.75 Å². The van der Waals surface area contributed by atoms with E-state index >= 15 is 0 Å². The van der Waals surface area contributed by atoms with Crippen LogP contribution in [0.1, 0.15) is 6.42 Å². The topological polar surface area (TPSA) is 46.5 Å². The van der Waals surface area contributed by atoms with Gasteiger partial charge in [-0.15, -0.1) is 11.8 Å². The summed E-state index contributed by atoms with van der Waals surface area (Å²) in [5, 5.41) is 11.7. The van der Waals surface area contributed by atoms with E-state index in [-0.39, 0.29) is 24.9 Å². The van der Waals surface area contributed by atoms with Crippen LogP contribution in [-0.2, 0) is 9.53 Å². The van der Waals surface area contributed by atoms with Crippen LogP contribution in [0.4, 0.5) is 0 Å². The summed E-state index contributed by atoms with van der Waals surface area (Å²) >= 11 is 1.65. The fourth-order valence-corrected chi connectivity index (χ4v) is 2.99. The highest BCUT2D eigenvalue weighted by atomic mass is 32.2. The first-order valence-corrected chi connectivity index (χ1v) is 7.50. The second kappa shape index (κ2) is 7.31. The third-order valence-corrected chi connectivity index (χ3v) is 4.37. The Kier molecular flexibility index (Phi) is 5.44. The Hall–Kier alpha value is -1.52. The van der Waals surface area contributed by atoms with Gasteiger partial charge in [0.05, 0.1) is 13.5 Å². The van der Waals surface area contributed by atoms with Crippen molar-refractivity contribution in [3.63, 3.8) is 0 Å². The van der Waals surface area contributed by atoms with Crippen molar-refractivity contribution in [2.24, 2.45) is 5.92 Å². The maximum Gasteiger partial charge on any atom is 0.305 e. The molecule has 0 aliphatic carbocycles. The number of carbonyl (C=O) groups excluding carboxylic acids is 1. The Bertz CT molecular complexity index is 583. The molecule has 1 unspecified atom stereocenters. The molecule has 1 atom stereocenters. The minimum absolute atomic E-state index is 0.00428. The van der Waals surface area contributed by atoms with Crippen LogP contribution in [0.3, 0.4) is 0 Å². The Morgan fingerprint density at radius 1 is 1.25 bits per heavy atom. The van der Waals surface area contributed by atoms with Crippen molar-refractivity contribution < 1.29 is 14.6 Å². The molecule has 0 saturated carbocycles. The molecule has 0 aliphatic heterocycles. The van der Waals surface area contributed by atoms with Gasteiger partial charge in [0.1, 0.15) is 0 Å². The van der Waals surface area contributed by atoms with Gasteiger partial charge in [-0.25, -0.2) is 0 Å². The molecule has 3 nitrogen and oxygen atoms in total. The van der Waals surface area contributed by atoms with Crippen LogP contribution >= 0.6 is 11.8 Å². The molecule has 2 aromatic rings. The average Bonchev–Trinajstić information content (AvgIpc) is 2.50. The molecule has 0 fully saturated rings. The maximum atomic E-state index is 11.2. The molecule has 1 N–H and O–H groups in total.